The molecule has 0 atom stereocenters. The third-order valence-electron chi connectivity index (χ3n) is 2.73. The SMILES string of the molecule is Cc1cc(O)c(C(=O)C(C)(C)C)c(=O)cc1C. The Balaban J connectivity index is 3.63. The zero-order chi connectivity index (χ0) is 13.4. The summed E-state index contributed by atoms with van der Waals surface area (Å²) in [5.74, 6) is -0.574. The molecule has 0 aliphatic carbocycles. The van der Waals surface area contributed by atoms with Crippen molar-refractivity contribution >= 4 is 5.78 Å². The van der Waals surface area contributed by atoms with Crippen LogP contribution >= 0.6 is 0 Å². The van der Waals surface area contributed by atoms with E-state index in [4.69, 9.17) is 0 Å². The minimum atomic E-state index is -0.688. The van der Waals surface area contributed by atoms with Crippen LogP contribution in [-0.4, -0.2) is 10.9 Å². The summed E-state index contributed by atoms with van der Waals surface area (Å²) in [7, 11) is 0. The third kappa shape index (κ3) is 2.73. The Morgan fingerprint density at radius 1 is 1.12 bits per heavy atom. The van der Waals surface area contributed by atoms with Crippen molar-refractivity contribution in [2.24, 2.45) is 5.41 Å². The molecule has 3 nitrogen and oxygen atoms in total. The van der Waals surface area contributed by atoms with E-state index in [-0.39, 0.29) is 17.1 Å². The minimum absolute atomic E-state index is 0.117. The Labute approximate surface area is 101 Å². The summed E-state index contributed by atoms with van der Waals surface area (Å²) in [6, 6.07) is 2.86. The van der Waals surface area contributed by atoms with Crippen LogP contribution in [0.5, 0.6) is 5.75 Å². The first-order valence-corrected chi connectivity index (χ1v) is 5.54. The lowest BCUT2D eigenvalue weighted by molar-refractivity contribution is 0.0854. The Kier molecular flexibility index (Phi) is 3.41. The van der Waals surface area contributed by atoms with Crippen molar-refractivity contribution < 1.29 is 9.90 Å². The van der Waals surface area contributed by atoms with E-state index >= 15 is 0 Å². The lowest BCUT2D eigenvalue weighted by Crippen LogP contribution is -2.25. The van der Waals surface area contributed by atoms with Crippen LogP contribution in [0.3, 0.4) is 0 Å². The first kappa shape index (κ1) is 13.4. The lowest BCUT2D eigenvalue weighted by atomic mass is 9.86. The summed E-state index contributed by atoms with van der Waals surface area (Å²) >= 11 is 0. The van der Waals surface area contributed by atoms with Crippen molar-refractivity contribution in [1.82, 2.24) is 0 Å². The van der Waals surface area contributed by atoms with Gasteiger partial charge in [0.1, 0.15) is 11.3 Å². The van der Waals surface area contributed by atoms with Crippen molar-refractivity contribution in [3.05, 3.63) is 39.0 Å². The van der Waals surface area contributed by atoms with Crippen LogP contribution in [0.4, 0.5) is 0 Å². The molecule has 0 fully saturated rings. The fourth-order valence-electron chi connectivity index (χ4n) is 1.50. The van der Waals surface area contributed by atoms with Crippen molar-refractivity contribution in [3.63, 3.8) is 0 Å². The summed E-state index contributed by atoms with van der Waals surface area (Å²) in [5.41, 5.74) is 0.319. The average molecular weight is 234 g/mol. The molecule has 0 aromatic heterocycles. The molecule has 1 N–H and O–H groups in total. The fourth-order valence-corrected chi connectivity index (χ4v) is 1.50. The molecule has 1 aromatic carbocycles. The fraction of sp³-hybridized carbons (Fsp3) is 0.429. The Hall–Kier alpha value is -1.64. The van der Waals surface area contributed by atoms with E-state index in [9.17, 15) is 14.7 Å². The van der Waals surface area contributed by atoms with Gasteiger partial charge >= 0.3 is 0 Å². The van der Waals surface area contributed by atoms with Gasteiger partial charge in [-0.25, -0.2) is 0 Å². The molecule has 0 unspecified atom stereocenters. The third-order valence-corrected chi connectivity index (χ3v) is 2.73. The average Bonchev–Trinajstić information content (AvgIpc) is 2.23. The number of Topliss-reactive ketones (excluding diaryl/α,β-unsaturated/α-hetero) is 1. The second-order valence-electron chi connectivity index (χ2n) is 5.36. The van der Waals surface area contributed by atoms with Gasteiger partial charge in [0.05, 0.1) is 0 Å². The minimum Gasteiger partial charge on any atom is -0.507 e. The molecule has 0 bridgehead atoms. The van der Waals surface area contributed by atoms with Gasteiger partial charge in [0, 0.05) is 5.41 Å². The quantitative estimate of drug-likeness (QED) is 0.760. The van der Waals surface area contributed by atoms with Gasteiger partial charge in [0.15, 0.2) is 11.2 Å². The van der Waals surface area contributed by atoms with Gasteiger partial charge < -0.3 is 5.11 Å². The van der Waals surface area contributed by atoms with Crippen LogP contribution in [-0.2, 0) is 0 Å². The highest BCUT2D eigenvalue weighted by atomic mass is 16.3. The van der Waals surface area contributed by atoms with Gasteiger partial charge in [-0.1, -0.05) is 20.8 Å². The first-order valence-electron chi connectivity index (χ1n) is 5.54. The predicted octanol–water partition coefficient (Wildman–Crippen LogP) is 2.60. The molecule has 92 valence electrons. The summed E-state index contributed by atoms with van der Waals surface area (Å²) in [6.45, 7) is 8.74. The predicted molar refractivity (Wildman–Crippen MR) is 67.6 cm³/mol. The Bertz CT molecular complexity index is 522. The molecule has 0 aliphatic rings. The van der Waals surface area contributed by atoms with Gasteiger partial charge in [0.2, 0.25) is 0 Å². The van der Waals surface area contributed by atoms with Crippen LogP contribution in [0.15, 0.2) is 16.9 Å². The molecule has 1 aromatic rings. The van der Waals surface area contributed by atoms with Gasteiger partial charge in [0.25, 0.3) is 0 Å². The van der Waals surface area contributed by atoms with Crippen LogP contribution < -0.4 is 5.43 Å². The van der Waals surface area contributed by atoms with Gasteiger partial charge in [-0.3, -0.25) is 9.59 Å². The van der Waals surface area contributed by atoms with E-state index in [1.807, 2.05) is 0 Å². The van der Waals surface area contributed by atoms with E-state index in [0.717, 1.165) is 11.1 Å². The molecule has 0 spiro atoms. The van der Waals surface area contributed by atoms with Crippen LogP contribution in [0.25, 0.3) is 0 Å². The number of rotatable bonds is 1. The Morgan fingerprint density at radius 2 is 1.59 bits per heavy atom. The van der Waals surface area contributed by atoms with Crippen LogP contribution in [0, 0.1) is 19.3 Å². The zero-order valence-electron chi connectivity index (χ0n) is 10.9. The molecule has 0 saturated carbocycles. The van der Waals surface area contributed by atoms with Crippen molar-refractivity contribution in [2.45, 2.75) is 34.6 Å². The molecule has 3 heteroatoms. The molecule has 0 saturated heterocycles. The van der Waals surface area contributed by atoms with Gasteiger partial charge in [-0.15, -0.1) is 0 Å². The number of hydrogen-bond donors (Lipinski definition) is 1. The highest BCUT2D eigenvalue weighted by Crippen LogP contribution is 2.24. The van der Waals surface area contributed by atoms with Gasteiger partial charge in [-0.2, -0.15) is 0 Å². The first-order chi connectivity index (χ1) is 7.64. The number of hydrogen-bond acceptors (Lipinski definition) is 3. The lowest BCUT2D eigenvalue weighted by Gasteiger charge is -2.15. The van der Waals surface area contributed by atoms with Crippen LogP contribution in [0.2, 0.25) is 0 Å². The monoisotopic (exact) mass is 234 g/mol. The summed E-state index contributed by atoms with van der Waals surface area (Å²) < 4.78 is 0. The zero-order valence-corrected chi connectivity index (χ0v) is 10.9. The summed E-state index contributed by atoms with van der Waals surface area (Å²) in [5, 5.41) is 9.87. The standard InChI is InChI=1S/C14H18O3/c1-8-6-10(15)12(11(16)7-9(8)2)13(17)14(3,4)5/h6-7,15H,1-5H3. The maximum Gasteiger partial charge on any atom is 0.193 e. The molecular weight excluding hydrogens is 216 g/mol. The normalized spacial score (nSPS) is 11.4. The highest BCUT2D eigenvalue weighted by molar-refractivity contribution is 6.01. The summed E-state index contributed by atoms with van der Waals surface area (Å²) in [6.07, 6.45) is 0. The van der Waals surface area contributed by atoms with Crippen molar-refractivity contribution in [3.8, 4) is 5.75 Å². The molecule has 0 radical (unpaired) electrons. The van der Waals surface area contributed by atoms with Gasteiger partial charge in [-0.05, 0) is 37.1 Å². The van der Waals surface area contributed by atoms with E-state index in [1.54, 1.807) is 34.6 Å². The van der Waals surface area contributed by atoms with Crippen LogP contribution in [0.1, 0.15) is 42.3 Å². The molecule has 0 aliphatic heterocycles. The number of aromatic hydroxyl groups is 1. The van der Waals surface area contributed by atoms with E-state index in [1.165, 1.54) is 12.1 Å². The maximum absolute atomic E-state index is 12.1. The Morgan fingerprint density at radius 3 is 2.06 bits per heavy atom. The summed E-state index contributed by atoms with van der Waals surface area (Å²) in [4.78, 5) is 24.0. The second kappa shape index (κ2) is 4.32. The van der Waals surface area contributed by atoms with E-state index in [0.29, 0.717) is 0 Å². The molecule has 0 amide bonds. The van der Waals surface area contributed by atoms with Crippen molar-refractivity contribution in [1.29, 1.82) is 0 Å². The number of carbonyl (C=O) groups is 1. The topological polar surface area (TPSA) is 54.4 Å². The van der Waals surface area contributed by atoms with E-state index < -0.39 is 10.8 Å². The smallest absolute Gasteiger partial charge is 0.193 e. The largest absolute Gasteiger partial charge is 0.507 e. The number of carbonyl (C=O) groups excluding carboxylic acids is 1. The molecule has 0 heterocycles. The number of aryl methyl sites for hydroxylation is 2. The molecule has 17 heavy (non-hydrogen) atoms. The molecular formula is C14H18O3. The highest BCUT2D eigenvalue weighted by Gasteiger charge is 2.27. The molecule has 1 rings (SSSR count). The second-order valence-corrected chi connectivity index (χ2v) is 5.36. The van der Waals surface area contributed by atoms with Crippen molar-refractivity contribution in [2.75, 3.05) is 0 Å². The van der Waals surface area contributed by atoms with E-state index in [2.05, 4.69) is 0 Å². The number of ketones is 1. The maximum atomic E-state index is 12.1.